The van der Waals surface area contributed by atoms with E-state index in [-0.39, 0.29) is 0 Å². The molecule has 84 valence electrons. The van der Waals surface area contributed by atoms with Crippen LogP contribution in [0.5, 0.6) is 0 Å². The van der Waals surface area contributed by atoms with Crippen LogP contribution < -0.4 is 5.32 Å². The van der Waals surface area contributed by atoms with E-state index in [2.05, 4.69) is 15.5 Å². The maximum atomic E-state index is 10.9. The summed E-state index contributed by atoms with van der Waals surface area (Å²) in [5, 5.41) is 19.5. The Hall–Kier alpha value is -1.88. The molecule has 1 aromatic heterocycles. The molecule has 5 nitrogen and oxygen atoms in total. The molecule has 0 aliphatic rings. The summed E-state index contributed by atoms with van der Waals surface area (Å²) in [4.78, 5) is 10.9. The molecule has 0 bridgehead atoms. The summed E-state index contributed by atoms with van der Waals surface area (Å²) in [5.41, 5.74) is 1.94. The molecule has 16 heavy (non-hydrogen) atoms. The van der Waals surface area contributed by atoms with E-state index in [9.17, 15) is 4.79 Å². The van der Waals surface area contributed by atoms with E-state index in [1.54, 1.807) is 13.2 Å². The van der Waals surface area contributed by atoms with Crippen LogP contribution in [0.2, 0.25) is 0 Å². The number of carbonyl (C=O) groups is 1. The molecule has 0 unspecified atom stereocenters. The fourth-order valence-electron chi connectivity index (χ4n) is 1.67. The first kappa shape index (κ1) is 10.6. The Bertz CT molecular complexity index is 507. The summed E-state index contributed by atoms with van der Waals surface area (Å²) in [7, 11) is 1.65. The van der Waals surface area contributed by atoms with E-state index in [1.165, 1.54) is 0 Å². The number of aromatic nitrogens is 2. The summed E-state index contributed by atoms with van der Waals surface area (Å²) in [6, 6.07) is 5.22. The first-order valence-electron chi connectivity index (χ1n) is 5.03. The molecule has 2 rings (SSSR count). The Kier molecular flexibility index (Phi) is 2.87. The van der Waals surface area contributed by atoms with Crippen molar-refractivity contribution in [1.82, 2.24) is 15.5 Å². The van der Waals surface area contributed by atoms with E-state index < -0.39 is 12.0 Å². The van der Waals surface area contributed by atoms with Crippen LogP contribution in [0.4, 0.5) is 0 Å². The molecule has 0 radical (unpaired) electrons. The smallest absolute Gasteiger partial charge is 0.321 e. The molecule has 2 aromatic rings. The van der Waals surface area contributed by atoms with Crippen LogP contribution in [0.1, 0.15) is 5.56 Å². The summed E-state index contributed by atoms with van der Waals surface area (Å²) < 4.78 is 0. The number of hydrogen-bond acceptors (Lipinski definition) is 3. The third-order valence-electron chi connectivity index (χ3n) is 2.59. The lowest BCUT2D eigenvalue weighted by Crippen LogP contribution is -2.35. The topological polar surface area (TPSA) is 78.0 Å². The summed E-state index contributed by atoms with van der Waals surface area (Å²) in [6.07, 6.45) is 2.20. The minimum Gasteiger partial charge on any atom is -0.480 e. The van der Waals surface area contributed by atoms with Gasteiger partial charge < -0.3 is 10.4 Å². The minimum absolute atomic E-state index is 0.465. The van der Waals surface area contributed by atoms with Gasteiger partial charge in [-0.15, -0.1) is 0 Å². The van der Waals surface area contributed by atoms with Gasteiger partial charge in [0, 0.05) is 5.39 Å². The number of nitrogens with one attached hydrogen (secondary N) is 2. The molecule has 0 amide bonds. The first-order chi connectivity index (χ1) is 7.70. The summed E-state index contributed by atoms with van der Waals surface area (Å²) in [6.45, 7) is 0. The number of aromatic amines is 1. The Balaban J connectivity index is 2.23. The lowest BCUT2D eigenvalue weighted by molar-refractivity contribution is -0.139. The molecule has 0 saturated heterocycles. The van der Waals surface area contributed by atoms with Crippen LogP contribution in [0.15, 0.2) is 24.4 Å². The average Bonchev–Trinajstić information content (AvgIpc) is 2.72. The Morgan fingerprint density at radius 3 is 3.12 bits per heavy atom. The number of nitrogens with zero attached hydrogens (tertiary/aromatic N) is 1. The van der Waals surface area contributed by atoms with Crippen molar-refractivity contribution in [2.75, 3.05) is 7.05 Å². The zero-order chi connectivity index (χ0) is 11.5. The van der Waals surface area contributed by atoms with Crippen LogP contribution in [0.25, 0.3) is 10.9 Å². The van der Waals surface area contributed by atoms with E-state index in [0.717, 1.165) is 16.5 Å². The van der Waals surface area contributed by atoms with Gasteiger partial charge in [-0.1, -0.05) is 6.07 Å². The predicted octanol–water partition coefficient (Wildman–Crippen LogP) is 0.778. The standard InChI is InChI=1S/C11H13N3O2/c1-12-10(11(15)16)5-7-2-3-9-8(4-7)6-13-14-9/h2-4,6,10,12H,5H2,1H3,(H,13,14)(H,15,16)/t10-/m0/s1. The van der Waals surface area contributed by atoms with Gasteiger partial charge in [-0.05, 0) is 31.2 Å². The maximum absolute atomic E-state index is 10.9. The van der Waals surface area contributed by atoms with Crippen molar-refractivity contribution in [3.8, 4) is 0 Å². The molecule has 3 N–H and O–H groups in total. The van der Waals surface area contributed by atoms with Crippen molar-refractivity contribution < 1.29 is 9.90 Å². The first-order valence-corrected chi connectivity index (χ1v) is 5.03. The second-order valence-corrected chi connectivity index (χ2v) is 3.68. The van der Waals surface area contributed by atoms with Gasteiger partial charge in [-0.2, -0.15) is 5.10 Å². The third kappa shape index (κ3) is 2.04. The third-order valence-corrected chi connectivity index (χ3v) is 2.59. The summed E-state index contributed by atoms with van der Waals surface area (Å²) >= 11 is 0. The normalized spacial score (nSPS) is 12.8. The molecule has 1 aromatic carbocycles. The number of aliphatic carboxylic acids is 1. The van der Waals surface area contributed by atoms with Crippen molar-refractivity contribution in [3.05, 3.63) is 30.0 Å². The SMILES string of the molecule is CN[C@@H](Cc1ccc2[nH]ncc2c1)C(=O)O. The van der Waals surface area contributed by atoms with Gasteiger partial charge in [0.2, 0.25) is 0 Å². The number of carboxylic acid groups (broad SMARTS) is 1. The second-order valence-electron chi connectivity index (χ2n) is 3.68. The number of carboxylic acids is 1. The highest BCUT2D eigenvalue weighted by molar-refractivity contribution is 5.79. The fraction of sp³-hybridized carbons (Fsp3) is 0.273. The van der Waals surface area contributed by atoms with Gasteiger partial charge in [-0.3, -0.25) is 9.89 Å². The van der Waals surface area contributed by atoms with Gasteiger partial charge >= 0.3 is 5.97 Å². The van der Waals surface area contributed by atoms with Crippen LogP contribution in [-0.4, -0.2) is 34.4 Å². The van der Waals surface area contributed by atoms with E-state index in [0.29, 0.717) is 6.42 Å². The largest absolute Gasteiger partial charge is 0.480 e. The highest BCUT2D eigenvalue weighted by atomic mass is 16.4. The lowest BCUT2D eigenvalue weighted by Gasteiger charge is -2.10. The molecular weight excluding hydrogens is 206 g/mol. The van der Waals surface area contributed by atoms with Crippen LogP contribution in [-0.2, 0) is 11.2 Å². The van der Waals surface area contributed by atoms with E-state index >= 15 is 0 Å². The second kappa shape index (κ2) is 4.32. The number of fused-ring (bicyclic) bond motifs is 1. The van der Waals surface area contributed by atoms with Crippen molar-refractivity contribution in [3.63, 3.8) is 0 Å². The number of benzene rings is 1. The molecule has 1 heterocycles. The zero-order valence-electron chi connectivity index (χ0n) is 8.90. The van der Waals surface area contributed by atoms with Gasteiger partial charge in [-0.25, -0.2) is 0 Å². The monoisotopic (exact) mass is 219 g/mol. The maximum Gasteiger partial charge on any atom is 0.321 e. The molecule has 0 spiro atoms. The Morgan fingerprint density at radius 2 is 2.44 bits per heavy atom. The Labute approximate surface area is 92.5 Å². The minimum atomic E-state index is -0.838. The summed E-state index contributed by atoms with van der Waals surface area (Å²) in [5.74, 6) is -0.838. The molecule has 0 saturated carbocycles. The number of likely N-dealkylation sites (N-methyl/N-ethyl adjacent to an activating group) is 1. The average molecular weight is 219 g/mol. The molecule has 0 fully saturated rings. The highest BCUT2D eigenvalue weighted by Crippen LogP contribution is 2.14. The predicted molar refractivity (Wildman–Crippen MR) is 60.3 cm³/mol. The molecular formula is C11H13N3O2. The zero-order valence-corrected chi connectivity index (χ0v) is 8.90. The van der Waals surface area contributed by atoms with Crippen molar-refractivity contribution in [2.24, 2.45) is 0 Å². The van der Waals surface area contributed by atoms with Crippen molar-refractivity contribution in [1.29, 1.82) is 0 Å². The van der Waals surface area contributed by atoms with E-state index in [1.807, 2.05) is 18.2 Å². The van der Waals surface area contributed by atoms with Crippen molar-refractivity contribution >= 4 is 16.9 Å². The van der Waals surface area contributed by atoms with Crippen LogP contribution in [0, 0.1) is 0 Å². The van der Waals surface area contributed by atoms with Crippen LogP contribution >= 0.6 is 0 Å². The number of hydrogen-bond donors (Lipinski definition) is 3. The Morgan fingerprint density at radius 1 is 1.62 bits per heavy atom. The highest BCUT2D eigenvalue weighted by Gasteiger charge is 2.15. The fourth-order valence-corrected chi connectivity index (χ4v) is 1.67. The van der Waals surface area contributed by atoms with Gasteiger partial charge in [0.25, 0.3) is 0 Å². The van der Waals surface area contributed by atoms with Gasteiger partial charge in [0.05, 0.1) is 11.7 Å². The number of rotatable bonds is 4. The molecule has 1 atom stereocenters. The van der Waals surface area contributed by atoms with Gasteiger partial charge in [0.15, 0.2) is 0 Å². The lowest BCUT2D eigenvalue weighted by atomic mass is 10.0. The molecule has 0 aliphatic heterocycles. The molecule has 0 aliphatic carbocycles. The molecule has 5 heteroatoms. The van der Waals surface area contributed by atoms with Crippen LogP contribution in [0.3, 0.4) is 0 Å². The van der Waals surface area contributed by atoms with Gasteiger partial charge in [0.1, 0.15) is 6.04 Å². The van der Waals surface area contributed by atoms with E-state index in [4.69, 9.17) is 5.11 Å². The van der Waals surface area contributed by atoms with Crippen molar-refractivity contribution in [2.45, 2.75) is 12.5 Å². The number of H-pyrrole nitrogens is 1. The quantitative estimate of drug-likeness (QED) is 0.710.